The maximum absolute atomic E-state index is 13.1. The standard InChI is InChI=1S/C16H24FN/c1-12(2)10-18-11-15-7-6-14(15)8-13-4-3-5-16(17)9-13/h3-5,9,12,14-15,18H,6-8,10-11H2,1-2H3. The van der Waals surface area contributed by atoms with Gasteiger partial charge in [-0.15, -0.1) is 0 Å². The van der Waals surface area contributed by atoms with Crippen LogP contribution in [-0.2, 0) is 6.42 Å². The topological polar surface area (TPSA) is 12.0 Å². The van der Waals surface area contributed by atoms with Crippen LogP contribution in [0.1, 0.15) is 32.3 Å². The normalized spacial score (nSPS) is 23.1. The van der Waals surface area contributed by atoms with Crippen molar-refractivity contribution in [3.05, 3.63) is 35.6 Å². The van der Waals surface area contributed by atoms with Gasteiger partial charge in [0.25, 0.3) is 0 Å². The van der Waals surface area contributed by atoms with Crippen molar-refractivity contribution in [2.24, 2.45) is 17.8 Å². The third-order valence-corrected chi connectivity index (χ3v) is 3.92. The van der Waals surface area contributed by atoms with E-state index in [-0.39, 0.29) is 5.82 Å². The Bertz CT molecular complexity index is 375. The fourth-order valence-corrected chi connectivity index (χ4v) is 2.70. The van der Waals surface area contributed by atoms with Gasteiger partial charge in [0.05, 0.1) is 0 Å². The fraction of sp³-hybridized carbons (Fsp3) is 0.625. The number of rotatable bonds is 6. The van der Waals surface area contributed by atoms with E-state index in [9.17, 15) is 4.39 Å². The van der Waals surface area contributed by atoms with Crippen LogP contribution in [0.2, 0.25) is 0 Å². The molecule has 0 spiro atoms. The molecule has 2 heteroatoms. The lowest BCUT2D eigenvalue weighted by Crippen LogP contribution is -2.37. The Morgan fingerprint density at radius 3 is 2.67 bits per heavy atom. The lowest BCUT2D eigenvalue weighted by molar-refractivity contribution is 0.169. The smallest absolute Gasteiger partial charge is 0.123 e. The summed E-state index contributed by atoms with van der Waals surface area (Å²) < 4.78 is 13.1. The van der Waals surface area contributed by atoms with Gasteiger partial charge in [0, 0.05) is 0 Å². The summed E-state index contributed by atoms with van der Waals surface area (Å²) in [7, 11) is 0. The quantitative estimate of drug-likeness (QED) is 0.811. The van der Waals surface area contributed by atoms with E-state index in [2.05, 4.69) is 19.2 Å². The van der Waals surface area contributed by atoms with E-state index in [4.69, 9.17) is 0 Å². The molecule has 1 aromatic carbocycles. The maximum Gasteiger partial charge on any atom is 0.123 e. The highest BCUT2D eigenvalue weighted by atomic mass is 19.1. The van der Waals surface area contributed by atoms with Crippen molar-refractivity contribution in [2.75, 3.05) is 13.1 Å². The van der Waals surface area contributed by atoms with Crippen LogP contribution < -0.4 is 5.32 Å². The number of hydrogen-bond donors (Lipinski definition) is 1. The van der Waals surface area contributed by atoms with Crippen LogP contribution >= 0.6 is 0 Å². The third kappa shape index (κ3) is 3.81. The minimum atomic E-state index is -0.110. The van der Waals surface area contributed by atoms with Crippen LogP contribution in [0.5, 0.6) is 0 Å². The Morgan fingerprint density at radius 2 is 2.06 bits per heavy atom. The van der Waals surface area contributed by atoms with Gasteiger partial charge in [0.1, 0.15) is 5.82 Å². The van der Waals surface area contributed by atoms with Gasteiger partial charge >= 0.3 is 0 Å². The number of benzene rings is 1. The molecule has 0 amide bonds. The molecule has 2 rings (SSSR count). The van der Waals surface area contributed by atoms with Crippen LogP contribution in [-0.4, -0.2) is 13.1 Å². The molecule has 1 aromatic rings. The molecular weight excluding hydrogens is 225 g/mol. The first kappa shape index (κ1) is 13.5. The van der Waals surface area contributed by atoms with Gasteiger partial charge in [-0.05, 0) is 67.8 Å². The molecule has 18 heavy (non-hydrogen) atoms. The Hall–Kier alpha value is -0.890. The fourth-order valence-electron chi connectivity index (χ4n) is 2.70. The molecule has 2 unspecified atom stereocenters. The van der Waals surface area contributed by atoms with Crippen molar-refractivity contribution in [3.8, 4) is 0 Å². The van der Waals surface area contributed by atoms with Gasteiger partial charge in [-0.25, -0.2) is 4.39 Å². The molecule has 1 fully saturated rings. The first-order valence-corrected chi connectivity index (χ1v) is 7.10. The van der Waals surface area contributed by atoms with E-state index in [1.54, 1.807) is 6.07 Å². The minimum absolute atomic E-state index is 0.110. The zero-order valence-electron chi connectivity index (χ0n) is 11.5. The lowest BCUT2D eigenvalue weighted by Gasteiger charge is -2.37. The maximum atomic E-state index is 13.1. The number of nitrogens with one attached hydrogen (secondary N) is 1. The van der Waals surface area contributed by atoms with Gasteiger partial charge in [-0.2, -0.15) is 0 Å². The predicted octanol–water partition coefficient (Wildman–Crippen LogP) is 3.64. The molecule has 0 radical (unpaired) electrons. The second kappa shape index (κ2) is 6.33. The molecule has 0 aromatic heterocycles. The van der Waals surface area contributed by atoms with Crippen molar-refractivity contribution < 1.29 is 4.39 Å². The average molecular weight is 249 g/mol. The zero-order valence-corrected chi connectivity index (χ0v) is 11.5. The second-order valence-electron chi connectivity index (χ2n) is 5.98. The molecule has 2 atom stereocenters. The second-order valence-corrected chi connectivity index (χ2v) is 5.98. The first-order chi connectivity index (χ1) is 8.65. The highest BCUT2D eigenvalue weighted by molar-refractivity contribution is 5.17. The van der Waals surface area contributed by atoms with Gasteiger partial charge in [-0.1, -0.05) is 26.0 Å². The van der Waals surface area contributed by atoms with E-state index in [1.165, 1.54) is 18.9 Å². The van der Waals surface area contributed by atoms with Crippen molar-refractivity contribution >= 4 is 0 Å². The Morgan fingerprint density at radius 1 is 1.28 bits per heavy atom. The molecule has 0 aliphatic heterocycles. The summed E-state index contributed by atoms with van der Waals surface area (Å²) >= 11 is 0. The van der Waals surface area contributed by atoms with Crippen molar-refractivity contribution in [2.45, 2.75) is 33.1 Å². The predicted molar refractivity (Wildman–Crippen MR) is 74.0 cm³/mol. The Balaban J connectivity index is 1.76. The van der Waals surface area contributed by atoms with Gasteiger partial charge in [-0.3, -0.25) is 0 Å². The van der Waals surface area contributed by atoms with Crippen LogP contribution in [0.3, 0.4) is 0 Å². The summed E-state index contributed by atoms with van der Waals surface area (Å²) in [5, 5.41) is 3.54. The van der Waals surface area contributed by atoms with Crippen LogP contribution in [0.4, 0.5) is 4.39 Å². The van der Waals surface area contributed by atoms with Gasteiger partial charge in [0.2, 0.25) is 0 Å². The van der Waals surface area contributed by atoms with Gasteiger partial charge in [0.15, 0.2) is 0 Å². The van der Waals surface area contributed by atoms with E-state index >= 15 is 0 Å². The summed E-state index contributed by atoms with van der Waals surface area (Å²) in [6.07, 6.45) is 3.65. The molecule has 0 heterocycles. The summed E-state index contributed by atoms with van der Waals surface area (Å²) in [6, 6.07) is 7.05. The third-order valence-electron chi connectivity index (χ3n) is 3.92. The molecule has 1 N–H and O–H groups in total. The molecule has 0 bridgehead atoms. The molecule has 1 nitrogen and oxygen atoms in total. The zero-order chi connectivity index (χ0) is 13.0. The Labute approximate surface area is 110 Å². The molecule has 1 aliphatic carbocycles. The summed E-state index contributed by atoms with van der Waals surface area (Å²) in [5.74, 6) is 2.13. The monoisotopic (exact) mass is 249 g/mol. The molecule has 0 saturated heterocycles. The molecule has 1 aliphatic rings. The minimum Gasteiger partial charge on any atom is -0.316 e. The SMILES string of the molecule is CC(C)CNCC1CCC1Cc1cccc(F)c1. The van der Waals surface area contributed by atoms with Crippen molar-refractivity contribution in [3.63, 3.8) is 0 Å². The average Bonchev–Trinajstić information content (AvgIpc) is 2.30. The van der Waals surface area contributed by atoms with Crippen molar-refractivity contribution in [1.82, 2.24) is 5.32 Å². The van der Waals surface area contributed by atoms with Crippen LogP contribution in [0, 0.1) is 23.6 Å². The molecular formula is C16H24FN. The highest BCUT2D eigenvalue weighted by Gasteiger charge is 2.30. The highest BCUT2D eigenvalue weighted by Crippen LogP contribution is 2.36. The van der Waals surface area contributed by atoms with Gasteiger partial charge < -0.3 is 5.32 Å². The summed E-state index contributed by atoms with van der Waals surface area (Å²) in [4.78, 5) is 0. The van der Waals surface area contributed by atoms with Crippen LogP contribution in [0.25, 0.3) is 0 Å². The first-order valence-electron chi connectivity index (χ1n) is 7.10. The van der Waals surface area contributed by atoms with E-state index in [1.807, 2.05) is 12.1 Å². The number of halogens is 1. The largest absolute Gasteiger partial charge is 0.316 e. The lowest BCUT2D eigenvalue weighted by atomic mass is 9.70. The van der Waals surface area contributed by atoms with Crippen LogP contribution in [0.15, 0.2) is 24.3 Å². The van der Waals surface area contributed by atoms with E-state index < -0.39 is 0 Å². The summed E-state index contributed by atoms with van der Waals surface area (Å²) in [5.41, 5.74) is 1.15. The molecule has 1 saturated carbocycles. The summed E-state index contributed by atoms with van der Waals surface area (Å²) in [6.45, 7) is 6.69. The van der Waals surface area contributed by atoms with E-state index in [0.717, 1.165) is 36.9 Å². The van der Waals surface area contributed by atoms with Crippen molar-refractivity contribution in [1.29, 1.82) is 0 Å². The Kier molecular flexibility index (Phi) is 4.76. The number of hydrogen-bond acceptors (Lipinski definition) is 1. The van der Waals surface area contributed by atoms with E-state index in [0.29, 0.717) is 5.92 Å². The molecule has 100 valence electrons.